The summed E-state index contributed by atoms with van der Waals surface area (Å²) >= 11 is 5.88. The Morgan fingerprint density at radius 1 is 1.44 bits per heavy atom. The number of aromatic nitrogens is 1. The van der Waals surface area contributed by atoms with E-state index in [1.807, 2.05) is 13.0 Å². The number of carboxylic acid groups (broad SMARTS) is 1. The zero-order valence-corrected chi connectivity index (χ0v) is 9.15. The summed E-state index contributed by atoms with van der Waals surface area (Å²) in [5.74, 6) is -0.864. The number of nitrogens with zero attached hydrogens (tertiary/aromatic N) is 1. The number of carboxylic acids is 1. The van der Waals surface area contributed by atoms with Crippen molar-refractivity contribution in [2.75, 3.05) is 0 Å². The number of halogens is 1. The highest BCUT2D eigenvalue weighted by Crippen LogP contribution is 2.24. The molecule has 16 heavy (non-hydrogen) atoms. The lowest BCUT2D eigenvalue weighted by atomic mass is 10.1. The molecule has 4 nitrogen and oxygen atoms in total. The van der Waals surface area contributed by atoms with Crippen molar-refractivity contribution < 1.29 is 14.3 Å². The maximum absolute atomic E-state index is 10.6. The van der Waals surface area contributed by atoms with Crippen molar-refractivity contribution in [1.82, 2.24) is 4.98 Å². The van der Waals surface area contributed by atoms with Crippen LogP contribution < -0.4 is 0 Å². The van der Waals surface area contributed by atoms with Crippen LogP contribution in [0.2, 0.25) is 5.02 Å². The second kappa shape index (κ2) is 3.98. The molecule has 1 aromatic heterocycles. The minimum Gasteiger partial charge on any atom is -0.476 e. The van der Waals surface area contributed by atoms with Gasteiger partial charge in [0.15, 0.2) is 5.69 Å². The number of hydrogen-bond donors (Lipinski definition) is 1. The molecule has 5 heteroatoms. The van der Waals surface area contributed by atoms with Crippen molar-refractivity contribution in [2.45, 2.75) is 6.92 Å². The molecule has 0 bridgehead atoms. The molecule has 0 aliphatic rings. The van der Waals surface area contributed by atoms with Gasteiger partial charge in [-0.15, -0.1) is 0 Å². The Hall–Kier alpha value is -1.81. The fourth-order valence-electron chi connectivity index (χ4n) is 1.36. The van der Waals surface area contributed by atoms with Crippen molar-refractivity contribution in [3.63, 3.8) is 0 Å². The fourth-order valence-corrected chi connectivity index (χ4v) is 1.65. The van der Waals surface area contributed by atoms with E-state index in [4.69, 9.17) is 21.1 Å². The molecule has 0 aliphatic carbocycles. The van der Waals surface area contributed by atoms with Crippen molar-refractivity contribution >= 4 is 17.6 Å². The van der Waals surface area contributed by atoms with Gasteiger partial charge in [-0.05, 0) is 30.7 Å². The van der Waals surface area contributed by atoms with Crippen LogP contribution in [0.15, 0.2) is 28.9 Å². The number of benzene rings is 1. The lowest BCUT2D eigenvalue weighted by Crippen LogP contribution is -1.95. The number of hydrogen-bond acceptors (Lipinski definition) is 3. The first-order chi connectivity index (χ1) is 7.56. The molecule has 0 saturated heterocycles. The molecule has 1 N–H and O–H groups in total. The van der Waals surface area contributed by atoms with E-state index >= 15 is 0 Å². The average Bonchev–Trinajstić information content (AvgIpc) is 2.64. The van der Waals surface area contributed by atoms with E-state index in [1.54, 1.807) is 12.1 Å². The third-order valence-electron chi connectivity index (χ3n) is 2.01. The third kappa shape index (κ3) is 2.06. The molecular formula is C11H8ClNO3. The van der Waals surface area contributed by atoms with Gasteiger partial charge in [0.05, 0.1) is 0 Å². The molecule has 0 radical (unpaired) electrons. The van der Waals surface area contributed by atoms with Gasteiger partial charge in [-0.25, -0.2) is 9.78 Å². The standard InChI is InChI=1S/C11H8ClNO3/c1-6-2-7(4-8(12)3-6)10-13-9(5-16-10)11(14)15/h2-5H,1H3,(H,14,15). The summed E-state index contributed by atoms with van der Waals surface area (Å²) in [5.41, 5.74) is 1.50. The first kappa shape index (κ1) is 10.7. The molecule has 0 fully saturated rings. The molecule has 0 amide bonds. The fraction of sp³-hybridized carbons (Fsp3) is 0.0909. The van der Waals surface area contributed by atoms with Crippen LogP contribution in [-0.2, 0) is 0 Å². The number of aromatic carboxylic acids is 1. The summed E-state index contributed by atoms with van der Waals surface area (Å²) in [4.78, 5) is 14.5. The van der Waals surface area contributed by atoms with E-state index in [2.05, 4.69) is 4.98 Å². The molecule has 82 valence electrons. The number of oxazole rings is 1. The Bertz CT molecular complexity index is 528. The van der Waals surface area contributed by atoms with Gasteiger partial charge in [0.2, 0.25) is 5.89 Å². The van der Waals surface area contributed by atoms with Gasteiger partial charge in [0.1, 0.15) is 6.26 Å². The average molecular weight is 238 g/mol. The number of carbonyl (C=O) groups is 1. The van der Waals surface area contributed by atoms with E-state index in [-0.39, 0.29) is 11.6 Å². The lowest BCUT2D eigenvalue weighted by Gasteiger charge is -1.98. The predicted molar refractivity (Wildman–Crippen MR) is 58.6 cm³/mol. The first-order valence-corrected chi connectivity index (χ1v) is 4.90. The van der Waals surface area contributed by atoms with Crippen molar-refractivity contribution in [1.29, 1.82) is 0 Å². The second-order valence-electron chi connectivity index (χ2n) is 3.36. The maximum Gasteiger partial charge on any atom is 0.357 e. The number of aryl methyl sites for hydroxylation is 1. The summed E-state index contributed by atoms with van der Waals surface area (Å²) in [6, 6.07) is 5.29. The smallest absolute Gasteiger partial charge is 0.357 e. The van der Waals surface area contributed by atoms with E-state index in [9.17, 15) is 4.79 Å². The first-order valence-electron chi connectivity index (χ1n) is 4.52. The number of rotatable bonds is 2. The Balaban J connectivity index is 2.46. The summed E-state index contributed by atoms with van der Waals surface area (Å²) in [6.07, 6.45) is 1.11. The van der Waals surface area contributed by atoms with E-state index in [1.165, 1.54) is 0 Å². The highest BCUT2D eigenvalue weighted by Gasteiger charge is 2.12. The summed E-state index contributed by atoms with van der Waals surface area (Å²) in [6.45, 7) is 1.89. The van der Waals surface area contributed by atoms with Crippen LogP contribution in [0.1, 0.15) is 16.1 Å². The van der Waals surface area contributed by atoms with Crippen LogP contribution in [-0.4, -0.2) is 16.1 Å². The Morgan fingerprint density at radius 2 is 2.19 bits per heavy atom. The normalized spacial score (nSPS) is 10.4. The quantitative estimate of drug-likeness (QED) is 0.872. The summed E-state index contributed by atoms with van der Waals surface area (Å²) < 4.78 is 5.07. The predicted octanol–water partition coefficient (Wildman–Crippen LogP) is 3.00. The summed E-state index contributed by atoms with van der Waals surface area (Å²) in [5, 5.41) is 9.27. The molecule has 0 saturated carbocycles. The van der Waals surface area contributed by atoms with Crippen molar-refractivity contribution in [3.8, 4) is 11.5 Å². The monoisotopic (exact) mass is 237 g/mol. The molecule has 0 aliphatic heterocycles. The topological polar surface area (TPSA) is 63.3 Å². The van der Waals surface area contributed by atoms with Gasteiger partial charge >= 0.3 is 5.97 Å². The van der Waals surface area contributed by atoms with Gasteiger partial charge in [0, 0.05) is 10.6 Å². The van der Waals surface area contributed by atoms with Crippen molar-refractivity contribution in [3.05, 3.63) is 40.7 Å². The minimum absolute atomic E-state index is 0.118. The molecule has 2 rings (SSSR count). The van der Waals surface area contributed by atoms with Crippen LogP contribution in [0.5, 0.6) is 0 Å². The van der Waals surface area contributed by atoms with Gasteiger partial charge in [-0.2, -0.15) is 0 Å². The SMILES string of the molecule is Cc1cc(Cl)cc(-c2nc(C(=O)O)co2)c1. The zero-order chi connectivity index (χ0) is 11.7. The molecule has 2 aromatic rings. The van der Waals surface area contributed by atoms with E-state index in [0.717, 1.165) is 11.8 Å². The maximum atomic E-state index is 10.6. The Morgan fingerprint density at radius 3 is 2.75 bits per heavy atom. The molecule has 1 heterocycles. The van der Waals surface area contributed by atoms with Gasteiger partial charge in [-0.1, -0.05) is 11.6 Å². The Labute approximate surface area is 96.5 Å². The van der Waals surface area contributed by atoms with E-state index < -0.39 is 5.97 Å². The third-order valence-corrected chi connectivity index (χ3v) is 2.23. The summed E-state index contributed by atoms with van der Waals surface area (Å²) in [7, 11) is 0. The van der Waals surface area contributed by atoms with Crippen molar-refractivity contribution in [2.24, 2.45) is 0 Å². The molecular weight excluding hydrogens is 230 g/mol. The molecule has 1 aromatic carbocycles. The van der Waals surface area contributed by atoms with Crippen LogP contribution in [0.3, 0.4) is 0 Å². The van der Waals surface area contributed by atoms with Crippen LogP contribution in [0, 0.1) is 6.92 Å². The molecule has 0 spiro atoms. The second-order valence-corrected chi connectivity index (χ2v) is 3.80. The lowest BCUT2D eigenvalue weighted by molar-refractivity contribution is 0.0690. The van der Waals surface area contributed by atoms with Crippen LogP contribution in [0.4, 0.5) is 0 Å². The van der Waals surface area contributed by atoms with Gasteiger partial charge in [-0.3, -0.25) is 0 Å². The van der Waals surface area contributed by atoms with E-state index in [0.29, 0.717) is 10.6 Å². The van der Waals surface area contributed by atoms with Crippen LogP contribution >= 0.6 is 11.6 Å². The zero-order valence-electron chi connectivity index (χ0n) is 8.40. The molecule has 0 unspecified atom stereocenters. The largest absolute Gasteiger partial charge is 0.476 e. The molecule has 0 atom stereocenters. The minimum atomic E-state index is -1.12. The van der Waals surface area contributed by atoms with Gasteiger partial charge in [0.25, 0.3) is 0 Å². The highest BCUT2D eigenvalue weighted by molar-refractivity contribution is 6.30. The van der Waals surface area contributed by atoms with Crippen LogP contribution in [0.25, 0.3) is 11.5 Å². The Kier molecular flexibility index (Phi) is 2.66. The van der Waals surface area contributed by atoms with Gasteiger partial charge < -0.3 is 9.52 Å². The highest BCUT2D eigenvalue weighted by atomic mass is 35.5.